The zero-order chi connectivity index (χ0) is 14.1. The Morgan fingerprint density at radius 2 is 1.43 bits per heavy atom. The lowest BCUT2D eigenvalue weighted by Gasteiger charge is -2.31. The Balaban J connectivity index is 1.68. The molecule has 2 saturated heterocycles. The molecule has 0 bridgehead atoms. The van der Waals surface area contributed by atoms with E-state index in [0.29, 0.717) is 0 Å². The first-order valence-electron chi connectivity index (χ1n) is 7.61. The Bertz CT molecular complexity index is 513. The molecule has 0 N–H and O–H groups in total. The maximum atomic E-state index is 4.99. The molecule has 2 fully saturated rings. The molecule has 0 saturated carbocycles. The Morgan fingerprint density at radius 1 is 0.762 bits per heavy atom. The summed E-state index contributed by atoms with van der Waals surface area (Å²) in [4.78, 5) is 16.1. The largest absolute Gasteiger partial charge is 0.354 e. The van der Waals surface area contributed by atoms with Crippen LogP contribution in [0.2, 0.25) is 0 Å². The van der Waals surface area contributed by atoms with Crippen LogP contribution in [0.3, 0.4) is 0 Å². The first-order chi connectivity index (χ1) is 10.4. The quantitative estimate of drug-likeness (QED) is 0.816. The monoisotopic (exact) mass is 340 g/mol. The minimum Gasteiger partial charge on any atom is -0.354 e. The molecule has 4 heterocycles. The predicted octanol–water partition coefficient (Wildman–Crippen LogP) is 2.23. The van der Waals surface area contributed by atoms with Gasteiger partial charge in [-0.05, 0) is 0 Å². The lowest BCUT2D eigenvalue weighted by Crippen LogP contribution is -2.36. The van der Waals surface area contributed by atoms with E-state index in [9.17, 15) is 0 Å². The van der Waals surface area contributed by atoms with E-state index in [2.05, 4.69) is 21.6 Å². The van der Waals surface area contributed by atoms with E-state index in [1.54, 1.807) is 0 Å². The second-order valence-corrected chi connectivity index (χ2v) is 8.97. The van der Waals surface area contributed by atoms with Crippen LogP contribution in [0.4, 0.5) is 11.8 Å². The van der Waals surface area contributed by atoms with Crippen molar-refractivity contribution in [3.63, 3.8) is 0 Å². The molecular weight excluding hydrogens is 320 g/mol. The maximum absolute atomic E-state index is 4.99. The smallest absolute Gasteiger partial charge is 0.227 e. The van der Waals surface area contributed by atoms with Gasteiger partial charge in [-0.15, -0.1) is 11.8 Å². The van der Waals surface area contributed by atoms with Crippen molar-refractivity contribution in [3.8, 4) is 0 Å². The number of aryl methyl sites for hydroxylation is 1. The third-order valence-corrected chi connectivity index (χ3v) is 7.10. The fourth-order valence-corrected chi connectivity index (χ4v) is 5.86. The van der Waals surface area contributed by atoms with Gasteiger partial charge in [0.2, 0.25) is 5.95 Å². The van der Waals surface area contributed by atoms with Crippen molar-refractivity contribution < 1.29 is 0 Å². The van der Waals surface area contributed by atoms with Crippen LogP contribution in [0, 0.1) is 0 Å². The van der Waals surface area contributed by atoms with Gasteiger partial charge in [-0.3, -0.25) is 0 Å². The molecule has 7 heteroatoms. The highest BCUT2D eigenvalue weighted by atomic mass is 32.2. The van der Waals surface area contributed by atoms with Crippen LogP contribution in [0.5, 0.6) is 0 Å². The van der Waals surface area contributed by atoms with E-state index >= 15 is 0 Å². The SMILES string of the molecule is C1CN(c2nc3c(c(N4CCSCC4)n2)SCC3)CCS1. The van der Waals surface area contributed by atoms with Gasteiger partial charge in [-0.1, -0.05) is 0 Å². The van der Waals surface area contributed by atoms with E-state index in [1.165, 1.54) is 45.2 Å². The Labute approximate surface area is 138 Å². The standard InChI is InChI=1S/C14H20N4S3/c1-6-21-12-11(1)15-14(18-4-9-20-10-5-18)16-13(12)17-2-7-19-8-3-17/h1-10H2. The average molecular weight is 341 g/mol. The third-order valence-electron chi connectivity index (χ3n) is 4.10. The summed E-state index contributed by atoms with van der Waals surface area (Å²) < 4.78 is 0. The van der Waals surface area contributed by atoms with Crippen molar-refractivity contribution in [1.82, 2.24) is 9.97 Å². The molecule has 0 aromatic carbocycles. The minimum atomic E-state index is 0.977. The maximum Gasteiger partial charge on any atom is 0.227 e. The minimum absolute atomic E-state index is 0.977. The van der Waals surface area contributed by atoms with Gasteiger partial charge >= 0.3 is 0 Å². The predicted molar refractivity (Wildman–Crippen MR) is 95.5 cm³/mol. The zero-order valence-corrected chi connectivity index (χ0v) is 14.5. The molecule has 114 valence electrons. The molecule has 1 aromatic heterocycles. The summed E-state index contributed by atoms with van der Waals surface area (Å²) in [7, 11) is 0. The highest BCUT2D eigenvalue weighted by molar-refractivity contribution is 8.00. The number of anilines is 2. The van der Waals surface area contributed by atoms with Gasteiger partial charge in [0.15, 0.2) is 0 Å². The highest BCUT2D eigenvalue weighted by Crippen LogP contribution is 2.39. The second kappa shape index (κ2) is 6.46. The van der Waals surface area contributed by atoms with Gasteiger partial charge in [0.25, 0.3) is 0 Å². The van der Waals surface area contributed by atoms with Crippen LogP contribution in [0.1, 0.15) is 5.69 Å². The number of rotatable bonds is 2. The van der Waals surface area contributed by atoms with Crippen LogP contribution >= 0.6 is 35.3 Å². The number of hydrogen-bond donors (Lipinski definition) is 0. The van der Waals surface area contributed by atoms with Gasteiger partial charge in [0, 0.05) is 61.4 Å². The summed E-state index contributed by atoms with van der Waals surface area (Å²) in [6.07, 6.45) is 1.10. The number of aromatic nitrogens is 2. The molecule has 0 spiro atoms. The third kappa shape index (κ3) is 2.97. The van der Waals surface area contributed by atoms with Crippen LogP contribution in [-0.4, -0.2) is 64.9 Å². The molecule has 0 atom stereocenters. The van der Waals surface area contributed by atoms with Gasteiger partial charge in [0.05, 0.1) is 10.6 Å². The van der Waals surface area contributed by atoms with Crippen LogP contribution in [-0.2, 0) is 6.42 Å². The molecule has 0 radical (unpaired) electrons. The van der Waals surface area contributed by atoms with Crippen LogP contribution in [0.25, 0.3) is 0 Å². The first kappa shape index (κ1) is 14.3. The molecule has 21 heavy (non-hydrogen) atoms. The van der Waals surface area contributed by atoms with Crippen molar-refractivity contribution in [2.75, 3.05) is 64.7 Å². The first-order valence-corrected chi connectivity index (χ1v) is 10.9. The summed E-state index contributed by atoms with van der Waals surface area (Å²) in [6, 6.07) is 0. The number of thioether (sulfide) groups is 3. The average Bonchev–Trinajstić information content (AvgIpc) is 3.04. The molecular formula is C14H20N4S3. The number of nitrogens with zero attached hydrogens (tertiary/aromatic N) is 4. The topological polar surface area (TPSA) is 32.3 Å². The lowest BCUT2D eigenvalue weighted by atomic mass is 10.3. The van der Waals surface area contributed by atoms with Gasteiger partial charge in [-0.2, -0.15) is 28.5 Å². The van der Waals surface area contributed by atoms with Crippen LogP contribution < -0.4 is 9.80 Å². The number of hydrogen-bond acceptors (Lipinski definition) is 7. The fourth-order valence-electron chi connectivity index (χ4n) is 2.93. The van der Waals surface area contributed by atoms with E-state index < -0.39 is 0 Å². The van der Waals surface area contributed by atoms with Crippen molar-refractivity contribution in [1.29, 1.82) is 0 Å². The molecule has 1 aromatic rings. The molecule has 4 nitrogen and oxygen atoms in total. The summed E-state index contributed by atoms with van der Waals surface area (Å²) in [5.41, 5.74) is 1.29. The van der Waals surface area contributed by atoms with Gasteiger partial charge in [-0.25, -0.2) is 4.98 Å². The summed E-state index contributed by atoms with van der Waals surface area (Å²) in [5.74, 6) is 8.20. The zero-order valence-electron chi connectivity index (χ0n) is 12.1. The molecule has 4 rings (SSSR count). The van der Waals surface area contributed by atoms with Gasteiger partial charge in [0.1, 0.15) is 5.82 Å². The van der Waals surface area contributed by atoms with E-state index in [0.717, 1.165) is 38.5 Å². The molecule has 3 aliphatic rings. The van der Waals surface area contributed by atoms with Crippen molar-refractivity contribution >= 4 is 47.1 Å². The Kier molecular flexibility index (Phi) is 4.41. The van der Waals surface area contributed by atoms with Crippen molar-refractivity contribution in [2.24, 2.45) is 0 Å². The normalized spacial score (nSPS) is 22.5. The molecule has 3 aliphatic heterocycles. The van der Waals surface area contributed by atoms with E-state index in [1.807, 2.05) is 23.5 Å². The van der Waals surface area contributed by atoms with Crippen LogP contribution in [0.15, 0.2) is 4.90 Å². The van der Waals surface area contributed by atoms with Gasteiger partial charge < -0.3 is 9.80 Å². The van der Waals surface area contributed by atoms with E-state index in [-0.39, 0.29) is 0 Å². The molecule has 0 unspecified atom stereocenters. The second-order valence-electron chi connectivity index (χ2n) is 5.42. The Morgan fingerprint density at radius 3 is 2.14 bits per heavy atom. The summed E-state index contributed by atoms with van der Waals surface area (Å²) >= 11 is 6.04. The fraction of sp³-hybridized carbons (Fsp3) is 0.714. The number of fused-ring (bicyclic) bond motifs is 1. The van der Waals surface area contributed by atoms with E-state index in [4.69, 9.17) is 9.97 Å². The Hall–Kier alpha value is -0.270. The lowest BCUT2D eigenvalue weighted by molar-refractivity contribution is 0.771. The highest BCUT2D eigenvalue weighted by Gasteiger charge is 2.26. The summed E-state index contributed by atoms with van der Waals surface area (Å²) in [5, 5.41) is 0. The molecule has 0 aliphatic carbocycles. The van der Waals surface area contributed by atoms with Crippen molar-refractivity contribution in [2.45, 2.75) is 11.3 Å². The molecule has 0 amide bonds. The summed E-state index contributed by atoms with van der Waals surface area (Å²) in [6.45, 7) is 4.44. The van der Waals surface area contributed by atoms with Crippen molar-refractivity contribution in [3.05, 3.63) is 5.69 Å².